The van der Waals surface area contributed by atoms with Crippen molar-refractivity contribution in [2.24, 2.45) is 11.1 Å². The summed E-state index contributed by atoms with van der Waals surface area (Å²) in [4.78, 5) is 12.0. The van der Waals surface area contributed by atoms with Gasteiger partial charge in [0.25, 0.3) is 0 Å². The van der Waals surface area contributed by atoms with Crippen molar-refractivity contribution in [3.05, 3.63) is 18.2 Å². The van der Waals surface area contributed by atoms with Gasteiger partial charge in [0.15, 0.2) is 11.5 Å². The van der Waals surface area contributed by atoms with Crippen molar-refractivity contribution in [3.63, 3.8) is 0 Å². The molecule has 0 bridgehead atoms. The van der Waals surface area contributed by atoms with Gasteiger partial charge in [-0.2, -0.15) is 0 Å². The average Bonchev–Trinajstić information content (AvgIpc) is 2.73. The van der Waals surface area contributed by atoms with Crippen LogP contribution < -0.4 is 20.5 Å². The van der Waals surface area contributed by atoms with Gasteiger partial charge in [-0.25, -0.2) is 0 Å². The van der Waals surface area contributed by atoms with Gasteiger partial charge in [0, 0.05) is 11.8 Å². The van der Waals surface area contributed by atoms with Crippen LogP contribution >= 0.6 is 0 Å². The van der Waals surface area contributed by atoms with Crippen LogP contribution in [0.1, 0.15) is 20.8 Å². The van der Waals surface area contributed by atoms with Crippen molar-refractivity contribution in [1.82, 2.24) is 0 Å². The number of carbonyl (C=O) groups is 1. The highest BCUT2D eigenvalue weighted by molar-refractivity contribution is 5.95. The molecule has 0 aliphatic carbocycles. The molecule has 0 aromatic heterocycles. The second kappa shape index (κ2) is 4.49. The molecule has 1 unspecified atom stereocenters. The summed E-state index contributed by atoms with van der Waals surface area (Å²) in [5.74, 6) is 1.12. The summed E-state index contributed by atoms with van der Waals surface area (Å²) in [5.41, 5.74) is 6.27. The number of nitrogens with two attached hydrogens (primary N) is 1. The molecule has 1 heterocycles. The molecule has 0 saturated carbocycles. The van der Waals surface area contributed by atoms with Crippen molar-refractivity contribution in [3.8, 4) is 11.5 Å². The third-order valence-electron chi connectivity index (χ3n) is 2.86. The second-order valence-electron chi connectivity index (χ2n) is 5.40. The third kappa shape index (κ3) is 2.56. The Kier molecular flexibility index (Phi) is 3.17. The van der Waals surface area contributed by atoms with E-state index in [2.05, 4.69) is 5.32 Å². The van der Waals surface area contributed by atoms with Gasteiger partial charge in [-0.05, 0) is 17.5 Å². The zero-order chi connectivity index (χ0) is 13.3. The molecule has 0 radical (unpaired) electrons. The minimum absolute atomic E-state index is 0.207. The van der Waals surface area contributed by atoms with Gasteiger partial charge in [-0.1, -0.05) is 20.8 Å². The molecular formula is C13H18N2O3. The molecule has 0 saturated heterocycles. The van der Waals surface area contributed by atoms with Crippen LogP contribution in [0.2, 0.25) is 0 Å². The second-order valence-corrected chi connectivity index (χ2v) is 5.40. The van der Waals surface area contributed by atoms with E-state index >= 15 is 0 Å². The van der Waals surface area contributed by atoms with Gasteiger partial charge >= 0.3 is 0 Å². The van der Waals surface area contributed by atoms with Crippen LogP contribution in [0.3, 0.4) is 0 Å². The van der Waals surface area contributed by atoms with Gasteiger partial charge < -0.3 is 20.5 Å². The molecule has 2 rings (SSSR count). The monoisotopic (exact) mass is 250 g/mol. The first-order valence-electron chi connectivity index (χ1n) is 5.84. The molecule has 1 aromatic rings. The maximum absolute atomic E-state index is 12.0. The lowest BCUT2D eigenvalue weighted by atomic mass is 9.87. The van der Waals surface area contributed by atoms with Crippen LogP contribution in [0.25, 0.3) is 0 Å². The Morgan fingerprint density at radius 2 is 2.00 bits per heavy atom. The molecule has 0 spiro atoms. The van der Waals surface area contributed by atoms with E-state index in [1.807, 2.05) is 20.8 Å². The number of ether oxygens (including phenoxy) is 2. The standard InChI is InChI=1S/C13H18N2O3/c1-13(2,3)11(14)12(16)15-8-4-5-9-10(6-8)18-7-17-9/h4-6,11H,7,14H2,1-3H3,(H,15,16). The normalized spacial score (nSPS) is 15.3. The number of rotatable bonds is 2. The molecule has 18 heavy (non-hydrogen) atoms. The van der Waals surface area contributed by atoms with E-state index in [1.54, 1.807) is 18.2 Å². The largest absolute Gasteiger partial charge is 0.454 e. The first-order valence-corrected chi connectivity index (χ1v) is 5.84. The van der Waals surface area contributed by atoms with Crippen LogP contribution in [0.4, 0.5) is 5.69 Å². The predicted octanol–water partition coefficient (Wildman–Crippen LogP) is 1.73. The molecule has 1 amide bonds. The van der Waals surface area contributed by atoms with Crippen molar-refractivity contribution in [2.75, 3.05) is 12.1 Å². The zero-order valence-corrected chi connectivity index (χ0v) is 10.8. The summed E-state index contributed by atoms with van der Waals surface area (Å²) in [5, 5.41) is 2.78. The fourth-order valence-corrected chi connectivity index (χ4v) is 1.59. The van der Waals surface area contributed by atoms with E-state index in [0.717, 1.165) is 0 Å². The molecule has 1 aliphatic rings. The molecule has 98 valence electrons. The molecular weight excluding hydrogens is 232 g/mol. The zero-order valence-electron chi connectivity index (χ0n) is 10.8. The van der Waals surface area contributed by atoms with E-state index in [0.29, 0.717) is 17.2 Å². The lowest BCUT2D eigenvalue weighted by Crippen LogP contribution is -2.45. The third-order valence-corrected chi connectivity index (χ3v) is 2.86. The van der Waals surface area contributed by atoms with Gasteiger partial charge in [-0.3, -0.25) is 4.79 Å². The highest BCUT2D eigenvalue weighted by Crippen LogP contribution is 2.34. The summed E-state index contributed by atoms with van der Waals surface area (Å²) >= 11 is 0. The lowest BCUT2D eigenvalue weighted by molar-refractivity contribution is -0.119. The van der Waals surface area contributed by atoms with E-state index in [1.165, 1.54) is 0 Å². The molecule has 5 nitrogen and oxygen atoms in total. The Hall–Kier alpha value is -1.75. The van der Waals surface area contributed by atoms with E-state index < -0.39 is 6.04 Å². The summed E-state index contributed by atoms with van der Waals surface area (Å²) < 4.78 is 10.4. The van der Waals surface area contributed by atoms with Gasteiger partial charge in [-0.15, -0.1) is 0 Å². The Labute approximate surface area is 106 Å². The van der Waals surface area contributed by atoms with Gasteiger partial charge in [0.05, 0.1) is 6.04 Å². The average molecular weight is 250 g/mol. The number of hydrogen-bond acceptors (Lipinski definition) is 4. The van der Waals surface area contributed by atoms with Crippen LogP contribution in [0, 0.1) is 5.41 Å². The lowest BCUT2D eigenvalue weighted by Gasteiger charge is -2.25. The predicted molar refractivity (Wildman–Crippen MR) is 68.6 cm³/mol. The Morgan fingerprint density at radius 1 is 1.33 bits per heavy atom. The summed E-state index contributed by atoms with van der Waals surface area (Å²) in [7, 11) is 0. The van der Waals surface area contributed by atoms with Crippen molar-refractivity contribution in [2.45, 2.75) is 26.8 Å². The maximum atomic E-state index is 12.0. The highest BCUT2D eigenvalue weighted by Gasteiger charge is 2.27. The fourth-order valence-electron chi connectivity index (χ4n) is 1.59. The Morgan fingerprint density at radius 3 is 2.67 bits per heavy atom. The first kappa shape index (κ1) is 12.7. The van der Waals surface area contributed by atoms with Crippen LogP contribution in [0.15, 0.2) is 18.2 Å². The number of benzene rings is 1. The maximum Gasteiger partial charge on any atom is 0.241 e. The van der Waals surface area contributed by atoms with E-state index in [9.17, 15) is 4.79 Å². The SMILES string of the molecule is CC(C)(C)C(N)C(=O)Nc1ccc2c(c1)OCO2. The number of anilines is 1. The van der Waals surface area contributed by atoms with Gasteiger partial charge in [0.1, 0.15) is 0 Å². The Balaban J connectivity index is 2.08. The number of amides is 1. The minimum atomic E-state index is -0.567. The van der Waals surface area contributed by atoms with Crippen LogP contribution in [-0.4, -0.2) is 18.7 Å². The number of carbonyl (C=O) groups excluding carboxylic acids is 1. The van der Waals surface area contributed by atoms with Crippen LogP contribution in [0.5, 0.6) is 11.5 Å². The van der Waals surface area contributed by atoms with E-state index in [4.69, 9.17) is 15.2 Å². The number of nitrogens with one attached hydrogen (secondary N) is 1. The minimum Gasteiger partial charge on any atom is -0.454 e. The van der Waals surface area contributed by atoms with Crippen LogP contribution in [-0.2, 0) is 4.79 Å². The smallest absolute Gasteiger partial charge is 0.241 e. The molecule has 3 N–H and O–H groups in total. The summed E-state index contributed by atoms with van der Waals surface area (Å²) in [6.07, 6.45) is 0. The van der Waals surface area contributed by atoms with Gasteiger partial charge in [0.2, 0.25) is 12.7 Å². The first-order chi connectivity index (χ1) is 8.38. The summed E-state index contributed by atoms with van der Waals surface area (Å²) in [6, 6.07) is 4.69. The topological polar surface area (TPSA) is 73.6 Å². The molecule has 1 aliphatic heterocycles. The molecule has 1 atom stereocenters. The fraction of sp³-hybridized carbons (Fsp3) is 0.462. The molecule has 0 fully saturated rings. The number of fused-ring (bicyclic) bond motifs is 1. The van der Waals surface area contributed by atoms with Crippen molar-refractivity contribution in [1.29, 1.82) is 0 Å². The molecule has 5 heteroatoms. The summed E-state index contributed by atoms with van der Waals surface area (Å²) in [6.45, 7) is 6.00. The van der Waals surface area contributed by atoms with Crippen molar-refractivity contribution >= 4 is 11.6 Å². The highest BCUT2D eigenvalue weighted by atomic mass is 16.7. The number of hydrogen-bond donors (Lipinski definition) is 2. The Bertz CT molecular complexity index is 466. The van der Waals surface area contributed by atoms with E-state index in [-0.39, 0.29) is 18.1 Å². The molecule has 1 aromatic carbocycles. The van der Waals surface area contributed by atoms with Crippen molar-refractivity contribution < 1.29 is 14.3 Å². The quantitative estimate of drug-likeness (QED) is 0.838.